The molecule has 2 rings (SSSR count). The van der Waals surface area contributed by atoms with Crippen molar-refractivity contribution >= 4 is 22.8 Å². The number of aromatic nitrogens is 1. The number of amidine groups is 1. The van der Waals surface area contributed by atoms with Crippen LogP contribution >= 0.6 is 11.8 Å². The minimum Gasteiger partial charge on any atom is -0.360 e. The molecule has 0 saturated heterocycles. The van der Waals surface area contributed by atoms with Gasteiger partial charge >= 0.3 is 0 Å². The summed E-state index contributed by atoms with van der Waals surface area (Å²) in [7, 11) is 0. The molecule has 0 radical (unpaired) electrons. The van der Waals surface area contributed by atoms with Crippen LogP contribution in [-0.2, 0) is 11.3 Å². The molecule has 1 aromatic rings. The van der Waals surface area contributed by atoms with Crippen LogP contribution in [0.5, 0.6) is 0 Å². The van der Waals surface area contributed by atoms with Gasteiger partial charge in [-0.3, -0.25) is 9.78 Å². The van der Waals surface area contributed by atoms with E-state index in [-0.39, 0.29) is 11.8 Å². The van der Waals surface area contributed by atoms with E-state index in [1.807, 2.05) is 32.9 Å². The molecule has 96 valence electrons. The van der Waals surface area contributed by atoms with Crippen LogP contribution in [0.25, 0.3) is 0 Å². The largest absolute Gasteiger partial charge is 0.360 e. The van der Waals surface area contributed by atoms with Gasteiger partial charge in [0.05, 0.1) is 0 Å². The predicted molar refractivity (Wildman–Crippen MR) is 74.4 cm³/mol. The fourth-order valence-electron chi connectivity index (χ4n) is 1.59. The van der Waals surface area contributed by atoms with E-state index in [1.165, 1.54) is 11.8 Å². The number of carbonyl (C=O) groups excluding carboxylic acids is 1. The summed E-state index contributed by atoms with van der Waals surface area (Å²) in [6.45, 7) is 6.68. The molecule has 0 fully saturated rings. The van der Waals surface area contributed by atoms with Crippen molar-refractivity contribution < 1.29 is 4.79 Å². The van der Waals surface area contributed by atoms with Crippen LogP contribution in [0.1, 0.15) is 26.3 Å². The van der Waals surface area contributed by atoms with Gasteiger partial charge in [-0.25, -0.2) is 0 Å². The molecule has 1 atom stereocenters. The third-order valence-electron chi connectivity index (χ3n) is 3.20. The number of pyridine rings is 1. The van der Waals surface area contributed by atoms with E-state index in [0.717, 1.165) is 5.56 Å². The first-order valence-corrected chi connectivity index (χ1v) is 6.79. The number of nitrogens with zero attached hydrogens (tertiary/aromatic N) is 2. The summed E-state index contributed by atoms with van der Waals surface area (Å²) in [5.41, 5.74) is 1.08. The van der Waals surface area contributed by atoms with Crippen molar-refractivity contribution in [2.24, 2.45) is 10.9 Å². The van der Waals surface area contributed by atoms with E-state index < -0.39 is 4.75 Å². The Morgan fingerprint density at radius 2 is 2.28 bits per heavy atom. The van der Waals surface area contributed by atoms with Gasteiger partial charge in [0.25, 0.3) is 5.91 Å². The summed E-state index contributed by atoms with van der Waals surface area (Å²) in [5, 5.41) is 3.90. The Hall–Kier alpha value is -1.36. The van der Waals surface area contributed by atoms with Crippen molar-refractivity contribution in [3.63, 3.8) is 0 Å². The topological polar surface area (TPSA) is 54.4 Å². The number of nitrogens with one attached hydrogen (secondary N) is 1. The van der Waals surface area contributed by atoms with Gasteiger partial charge < -0.3 is 5.32 Å². The zero-order chi connectivity index (χ0) is 13.2. The van der Waals surface area contributed by atoms with Crippen LogP contribution in [0.15, 0.2) is 29.5 Å². The minimum absolute atomic E-state index is 0.0452. The Bertz CT molecular complexity index is 472. The van der Waals surface area contributed by atoms with E-state index in [9.17, 15) is 4.79 Å². The van der Waals surface area contributed by atoms with Gasteiger partial charge in [-0.05, 0) is 24.5 Å². The highest BCUT2D eigenvalue weighted by Gasteiger charge is 2.43. The Kier molecular flexibility index (Phi) is 3.71. The number of thioether (sulfide) groups is 1. The fraction of sp³-hybridized carbons (Fsp3) is 0.462. The van der Waals surface area contributed by atoms with Crippen LogP contribution < -0.4 is 5.32 Å². The van der Waals surface area contributed by atoms with Crippen molar-refractivity contribution in [2.75, 3.05) is 0 Å². The standard InChI is InChI=1S/C13H17N3OS/c1-9(2)13(3)11(17)16-12(18-13)15-8-10-5-4-6-14-7-10/h4-7,9H,8H2,1-3H3,(H,15,16,17). The number of rotatable bonds is 3. The maximum Gasteiger partial charge on any atom is 0.264 e. The van der Waals surface area contributed by atoms with Gasteiger partial charge in [-0.2, -0.15) is 4.99 Å². The third kappa shape index (κ3) is 2.56. The zero-order valence-electron chi connectivity index (χ0n) is 10.8. The third-order valence-corrected chi connectivity index (χ3v) is 4.70. The van der Waals surface area contributed by atoms with Crippen molar-refractivity contribution in [1.29, 1.82) is 0 Å². The molecule has 1 aliphatic heterocycles. The molecular formula is C13H17N3OS. The first-order valence-electron chi connectivity index (χ1n) is 5.97. The molecule has 18 heavy (non-hydrogen) atoms. The Labute approximate surface area is 111 Å². The predicted octanol–water partition coefficient (Wildman–Crippen LogP) is 2.22. The highest BCUT2D eigenvalue weighted by atomic mass is 32.2. The van der Waals surface area contributed by atoms with Crippen molar-refractivity contribution in [3.05, 3.63) is 30.1 Å². The molecule has 0 saturated carbocycles. The number of hydrogen-bond acceptors (Lipinski definition) is 4. The van der Waals surface area contributed by atoms with Gasteiger partial charge in [0.1, 0.15) is 4.75 Å². The first kappa shape index (κ1) is 13.1. The zero-order valence-corrected chi connectivity index (χ0v) is 11.6. The summed E-state index contributed by atoms with van der Waals surface area (Å²) in [5.74, 6) is 0.215. The average molecular weight is 263 g/mol. The molecule has 0 aliphatic carbocycles. The van der Waals surface area contributed by atoms with E-state index in [4.69, 9.17) is 0 Å². The molecule has 0 spiro atoms. The monoisotopic (exact) mass is 263 g/mol. The lowest BCUT2D eigenvalue weighted by Gasteiger charge is -2.24. The summed E-state index contributed by atoms with van der Waals surface area (Å²) in [4.78, 5) is 20.0. The molecule has 4 nitrogen and oxygen atoms in total. The van der Waals surface area contributed by atoms with Crippen molar-refractivity contribution in [1.82, 2.24) is 10.3 Å². The maximum atomic E-state index is 11.9. The lowest BCUT2D eigenvalue weighted by molar-refractivity contribution is -0.120. The smallest absolute Gasteiger partial charge is 0.264 e. The Morgan fingerprint density at radius 1 is 1.50 bits per heavy atom. The number of hydrogen-bond donors (Lipinski definition) is 1. The summed E-state index contributed by atoms with van der Waals surface area (Å²) in [6.07, 6.45) is 3.54. The molecule has 2 heterocycles. The van der Waals surface area contributed by atoms with Crippen LogP contribution in [0.4, 0.5) is 0 Å². The van der Waals surface area contributed by atoms with E-state index in [1.54, 1.807) is 12.4 Å². The van der Waals surface area contributed by atoms with Gasteiger partial charge in [0.2, 0.25) is 0 Å². The second-order valence-electron chi connectivity index (χ2n) is 4.80. The number of amides is 1. The van der Waals surface area contributed by atoms with Crippen LogP contribution in [-0.4, -0.2) is 20.8 Å². The van der Waals surface area contributed by atoms with E-state index in [0.29, 0.717) is 11.7 Å². The van der Waals surface area contributed by atoms with E-state index in [2.05, 4.69) is 15.3 Å². The fourth-order valence-corrected chi connectivity index (χ4v) is 2.63. The molecular weight excluding hydrogens is 246 g/mol. The molecule has 1 aliphatic rings. The molecule has 0 bridgehead atoms. The molecule has 1 aromatic heterocycles. The van der Waals surface area contributed by atoms with Crippen LogP contribution in [0.2, 0.25) is 0 Å². The average Bonchev–Trinajstić information content (AvgIpc) is 2.65. The lowest BCUT2D eigenvalue weighted by atomic mass is 9.96. The lowest BCUT2D eigenvalue weighted by Crippen LogP contribution is -2.33. The quantitative estimate of drug-likeness (QED) is 0.908. The Morgan fingerprint density at radius 3 is 2.83 bits per heavy atom. The molecule has 1 N–H and O–H groups in total. The first-order chi connectivity index (χ1) is 8.52. The summed E-state index contributed by atoms with van der Waals surface area (Å²) >= 11 is 1.52. The summed E-state index contributed by atoms with van der Waals surface area (Å²) in [6, 6.07) is 3.88. The number of aliphatic imine (C=N–C) groups is 1. The second kappa shape index (κ2) is 5.10. The maximum absolute atomic E-state index is 11.9. The normalized spacial score (nSPS) is 23.3. The SMILES string of the molecule is CC(C)C1(C)SC(NCc2cccnc2)=NC1=O. The molecule has 1 unspecified atom stereocenters. The van der Waals surface area contributed by atoms with Gasteiger partial charge in [-0.1, -0.05) is 31.7 Å². The molecule has 5 heteroatoms. The second-order valence-corrected chi connectivity index (χ2v) is 6.24. The van der Waals surface area contributed by atoms with Gasteiger partial charge in [-0.15, -0.1) is 0 Å². The minimum atomic E-state index is -0.433. The highest BCUT2D eigenvalue weighted by Crippen LogP contribution is 2.39. The molecule has 1 amide bonds. The Balaban J connectivity index is 1.97. The van der Waals surface area contributed by atoms with Crippen molar-refractivity contribution in [2.45, 2.75) is 32.1 Å². The van der Waals surface area contributed by atoms with Gasteiger partial charge in [0, 0.05) is 18.9 Å². The molecule has 0 aromatic carbocycles. The number of carbonyl (C=O) groups is 1. The highest BCUT2D eigenvalue weighted by molar-refractivity contribution is 8.16. The van der Waals surface area contributed by atoms with E-state index >= 15 is 0 Å². The summed E-state index contributed by atoms with van der Waals surface area (Å²) < 4.78 is -0.433. The van der Waals surface area contributed by atoms with Gasteiger partial charge in [0.15, 0.2) is 5.17 Å². The van der Waals surface area contributed by atoms with Crippen LogP contribution in [0.3, 0.4) is 0 Å². The van der Waals surface area contributed by atoms with Crippen molar-refractivity contribution in [3.8, 4) is 0 Å². The van der Waals surface area contributed by atoms with Crippen LogP contribution in [0, 0.1) is 5.92 Å².